The minimum Gasteiger partial charge on any atom is -0.455 e. The van der Waals surface area contributed by atoms with Crippen molar-refractivity contribution >= 4 is 34.7 Å². The first-order valence-electron chi connectivity index (χ1n) is 8.82. The Hall–Kier alpha value is -3.65. The molecule has 0 saturated heterocycles. The molecule has 0 aliphatic carbocycles. The summed E-state index contributed by atoms with van der Waals surface area (Å²) in [6, 6.07) is 19.8. The van der Waals surface area contributed by atoms with Crippen LogP contribution in [0.2, 0.25) is 0 Å². The Morgan fingerprint density at radius 3 is 2.31 bits per heavy atom. The molecule has 148 valence electrons. The molecule has 3 rings (SSSR count). The van der Waals surface area contributed by atoms with Gasteiger partial charge in [0.15, 0.2) is 5.75 Å². The van der Waals surface area contributed by atoms with Crippen LogP contribution in [-0.2, 0) is 20.9 Å². The molecule has 0 radical (unpaired) electrons. The molecule has 3 N–H and O–H groups in total. The number of carbonyl (C=O) groups excluding carboxylic acids is 3. The molecular formula is C21H19N3O4S. The lowest BCUT2D eigenvalue weighted by molar-refractivity contribution is -0.139. The van der Waals surface area contributed by atoms with Crippen molar-refractivity contribution in [1.82, 2.24) is 10.6 Å². The molecule has 0 atom stereocenters. The van der Waals surface area contributed by atoms with Crippen LogP contribution in [0.5, 0.6) is 11.5 Å². The fraction of sp³-hybridized carbons (Fsp3) is 0.0952. The Morgan fingerprint density at radius 2 is 1.55 bits per heavy atom. The molecular weight excluding hydrogens is 390 g/mol. The summed E-state index contributed by atoms with van der Waals surface area (Å²) >= 11 is 1.48. The summed E-state index contributed by atoms with van der Waals surface area (Å²) in [4.78, 5) is 36.7. The smallest absolute Gasteiger partial charge is 0.309 e. The lowest BCUT2D eigenvalue weighted by atomic mass is 10.3. The second-order valence-electron chi connectivity index (χ2n) is 5.90. The van der Waals surface area contributed by atoms with Crippen LogP contribution in [0.3, 0.4) is 0 Å². The van der Waals surface area contributed by atoms with E-state index in [4.69, 9.17) is 4.74 Å². The molecule has 1 heterocycles. The highest BCUT2D eigenvalue weighted by Crippen LogP contribution is 2.28. The zero-order chi connectivity index (χ0) is 20.5. The molecule has 29 heavy (non-hydrogen) atoms. The van der Waals surface area contributed by atoms with Gasteiger partial charge in [0, 0.05) is 4.88 Å². The van der Waals surface area contributed by atoms with Gasteiger partial charge in [0.05, 0.1) is 18.8 Å². The zero-order valence-corrected chi connectivity index (χ0v) is 16.2. The van der Waals surface area contributed by atoms with Gasteiger partial charge in [0.25, 0.3) is 0 Å². The summed E-state index contributed by atoms with van der Waals surface area (Å²) in [5.41, 5.74) is 0.456. The van der Waals surface area contributed by atoms with Crippen molar-refractivity contribution in [2.45, 2.75) is 6.54 Å². The summed E-state index contributed by atoms with van der Waals surface area (Å²) in [7, 11) is 0. The summed E-state index contributed by atoms with van der Waals surface area (Å²) < 4.78 is 5.78. The largest absolute Gasteiger partial charge is 0.455 e. The van der Waals surface area contributed by atoms with Crippen LogP contribution in [0.25, 0.3) is 0 Å². The maximum Gasteiger partial charge on any atom is 0.309 e. The Bertz CT molecular complexity index is 975. The van der Waals surface area contributed by atoms with Gasteiger partial charge in [-0.2, -0.15) is 0 Å². The molecule has 0 bridgehead atoms. The molecule has 2 aromatic carbocycles. The van der Waals surface area contributed by atoms with Gasteiger partial charge in [-0.05, 0) is 35.7 Å². The fourth-order valence-corrected chi connectivity index (χ4v) is 3.02. The van der Waals surface area contributed by atoms with Crippen molar-refractivity contribution in [2.24, 2.45) is 0 Å². The van der Waals surface area contributed by atoms with E-state index in [0.717, 1.165) is 4.88 Å². The first kappa shape index (κ1) is 20.1. The zero-order valence-electron chi connectivity index (χ0n) is 15.4. The van der Waals surface area contributed by atoms with Gasteiger partial charge < -0.3 is 20.7 Å². The van der Waals surface area contributed by atoms with Crippen LogP contribution >= 0.6 is 11.3 Å². The van der Waals surface area contributed by atoms with Crippen LogP contribution in [0.15, 0.2) is 72.1 Å². The Kier molecular flexibility index (Phi) is 6.96. The van der Waals surface area contributed by atoms with Gasteiger partial charge in [-0.3, -0.25) is 14.4 Å². The van der Waals surface area contributed by atoms with Crippen LogP contribution in [-0.4, -0.2) is 24.3 Å². The third-order valence-corrected chi connectivity index (χ3v) is 4.63. The van der Waals surface area contributed by atoms with Crippen molar-refractivity contribution in [3.05, 3.63) is 77.0 Å². The van der Waals surface area contributed by atoms with Gasteiger partial charge in [0.2, 0.25) is 5.91 Å². The molecule has 0 aliphatic rings. The van der Waals surface area contributed by atoms with E-state index in [0.29, 0.717) is 17.2 Å². The summed E-state index contributed by atoms with van der Waals surface area (Å²) in [5, 5.41) is 9.35. The van der Waals surface area contributed by atoms with Crippen molar-refractivity contribution in [3.8, 4) is 11.5 Å². The maximum absolute atomic E-state index is 12.2. The minimum absolute atomic E-state index is 0.264. The van der Waals surface area contributed by atoms with Crippen LogP contribution in [0.1, 0.15) is 4.88 Å². The van der Waals surface area contributed by atoms with Crippen LogP contribution in [0, 0.1) is 0 Å². The first-order valence-corrected chi connectivity index (χ1v) is 9.70. The van der Waals surface area contributed by atoms with E-state index in [1.54, 1.807) is 36.4 Å². The molecule has 3 aromatic rings. The number of amides is 3. The van der Waals surface area contributed by atoms with Gasteiger partial charge in [0.1, 0.15) is 5.75 Å². The van der Waals surface area contributed by atoms with Crippen LogP contribution in [0.4, 0.5) is 5.69 Å². The number of hydrogen-bond donors (Lipinski definition) is 3. The van der Waals surface area contributed by atoms with E-state index < -0.39 is 17.7 Å². The number of thiophene rings is 1. The monoisotopic (exact) mass is 409 g/mol. The van der Waals surface area contributed by atoms with Crippen molar-refractivity contribution in [3.63, 3.8) is 0 Å². The number of para-hydroxylation sites is 3. The van der Waals surface area contributed by atoms with Crippen molar-refractivity contribution < 1.29 is 19.1 Å². The number of carbonyl (C=O) groups is 3. The summed E-state index contributed by atoms with van der Waals surface area (Å²) in [6.07, 6.45) is 0. The van der Waals surface area contributed by atoms with E-state index in [-0.39, 0.29) is 13.1 Å². The molecule has 8 heteroatoms. The number of benzene rings is 2. The van der Waals surface area contributed by atoms with Gasteiger partial charge in [-0.1, -0.05) is 36.4 Å². The average molecular weight is 409 g/mol. The SMILES string of the molecule is O=C(CNC(=O)C(=O)NCc1cccs1)Nc1ccccc1Oc1ccccc1. The third kappa shape index (κ3) is 6.18. The van der Waals surface area contributed by atoms with Crippen LogP contribution < -0.4 is 20.7 Å². The molecule has 0 spiro atoms. The van der Waals surface area contributed by atoms with E-state index in [9.17, 15) is 14.4 Å². The molecule has 3 amide bonds. The number of anilines is 1. The van der Waals surface area contributed by atoms with Gasteiger partial charge in [-0.25, -0.2) is 0 Å². The second kappa shape index (κ2) is 10.0. The predicted molar refractivity (Wildman–Crippen MR) is 111 cm³/mol. The van der Waals surface area contributed by atoms with Crippen molar-refractivity contribution in [1.29, 1.82) is 0 Å². The lowest BCUT2D eigenvalue weighted by Crippen LogP contribution is -2.42. The first-order chi connectivity index (χ1) is 14.1. The number of hydrogen-bond acceptors (Lipinski definition) is 5. The Labute approximate surface area is 171 Å². The third-order valence-electron chi connectivity index (χ3n) is 3.75. The average Bonchev–Trinajstić information content (AvgIpc) is 3.26. The second-order valence-corrected chi connectivity index (χ2v) is 6.94. The molecule has 0 aliphatic heterocycles. The normalized spacial score (nSPS) is 10.1. The highest BCUT2D eigenvalue weighted by Gasteiger charge is 2.15. The molecule has 0 unspecified atom stereocenters. The fourth-order valence-electron chi connectivity index (χ4n) is 2.37. The molecule has 0 saturated carbocycles. The number of ether oxygens (including phenoxy) is 1. The lowest BCUT2D eigenvalue weighted by Gasteiger charge is -2.12. The molecule has 0 fully saturated rings. The number of rotatable bonds is 7. The van der Waals surface area contributed by atoms with E-state index in [1.165, 1.54) is 11.3 Å². The van der Waals surface area contributed by atoms with Gasteiger partial charge >= 0.3 is 11.8 Å². The van der Waals surface area contributed by atoms with Crippen molar-refractivity contribution in [2.75, 3.05) is 11.9 Å². The highest BCUT2D eigenvalue weighted by molar-refractivity contribution is 7.09. The van der Waals surface area contributed by atoms with E-state index in [2.05, 4.69) is 16.0 Å². The standard InChI is InChI=1S/C21H19N3O4S/c25-19(14-23-21(27)20(26)22-13-16-9-6-12-29-16)24-17-10-4-5-11-18(17)28-15-7-2-1-3-8-15/h1-12H,13-14H2,(H,22,26)(H,23,27)(H,24,25). The Balaban J connectivity index is 1.49. The van der Waals surface area contributed by atoms with Gasteiger partial charge in [-0.15, -0.1) is 11.3 Å². The minimum atomic E-state index is -0.870. The van der Waals surface area contributed by atoms with E-state index >= 15 is 0 Å². The maximum atomic E-state index is 12.2. The molecule has 1 aromatic heterocycles. The highest BCUT2D eigenvalue weighted by atomic mass is 32.1. The van der Waals surface area contributed by atoms with E-state index in [1.807, 2.05) is 35.7 Å². The summed E-state index contributed by atoms with van der Waals surface area (Å²) in [5.74, 6) is -1.05. The quantitative estimate of drug-likeness (QED) is 0.523. The topological polar surface area (TPSA) is 96.5 Å². The summed E-state index contributed by atoms with van der Waals surface area (Å²) in [6.45, 7) is -0.0781. The molecule has 7 nitrogen and oxygen atoms in total. The Morgan fingerprint density at radius 1 is 0.828 bits per heavy atom. The predicted octanol–water partition coefficient (Wildman–Crippen LogP) is 2.91. The number of nitrogens with one attached hydrogen (secondary N) is 3.